The number of carbonyl (C=O) groups is 1. The van der Waals surface area contributed by atoms with Crippen molar-refractivity contribution < 1.29 is 64.2 Å². The molecule has 2 unspecified atom stereocenters. The molecule has 2 saturated heterocycles. The fourth-order valence-corrected chi connectivity index (χ4v) is 5.99. The standard InChI is InChI=1S/C29H55N3O13/c1-7-16-21(37)19(35)13(3)26(41-16)43-24-12(2)8-15(31-9-14(34)10-32-28(40)45-29(4,5)6)25(23(24)39)44-27-22(38)18(30)20(36)17(11-33)42-27/h12-27,31,33-39H,7-11,30H2,1-6H3,(H,32,40)/t12-,13+,14?,15+,16+,17+,18-,19+,20+,21+,22+,23-,24?,25-,26+,27+/m0/s1. The van der Waals surface area contributed by atoms with Crippen LogP contribution in [0.1, 0.15) is 54.4 Å². The summed E-state index contributed by atoms with van der Waals surface area (Å²) in [5, 5.41) is 79.6. The predicted molar refractivity (Wildman–Crippen MR) is 157 cm³/mol. The minimum Gasteiger partial charge on any atom is -0.444 e. The molecule has 11 N–H and O–H groups in total. The summed E-state index contributed by atoms with van der Waals surface area (Å²) < 4.78 is 29.1. The summed E-state index contributed by atoms with van der Waals surface area (Å²) >= 11 is 0. The molecule has 1 amide bonds. The number of nitrogens with one attached hydrogen (secondary N) is 2. The summed E-state index contributed by atoms with van der Waals surface area (Å²) in [7, 11) is 0. The fraction of sp³-hybridized carbons (Fsp3) is 0.966. The van der Waals surface area contributed by atoms with E-state index in [1.807, 2.05) is 6.92 Å². The zero-order chi connectivity index (χ0) is 33.8. The van der Waals surface area contributed by atoms with Crippen LogP contribution in [0.4, 0.5) is 4.79 Å². The van der Waals surface area contributed by atoms with Crippen LogP contribution in [0.5, 0.6) is 0 Å². The number of ether oxygens (including phenoxy) is 5. The molecule has 16 nitrogen and oxygen atoms in total. The molecule has 16 heteroatoms. The molecule has 45 heavy (non-hydrogen) atoms. The Morgan fingerprint density at radius 2 is 1.53 bits per heavy atom. The smallest absolute Gasteiger partial charge is 0.407 e. The quantitative estimate of drug-likeness (QED) is 0.109. The zero-order valence-electron chi connectivity index (χ0n) is 26.9. The number of amides is 1. The third-order valence-electron chi connectivity index (χ3n) is 8.68. The molecule has 0 aromatic heterocycles. The van der Waals surface area contributed by atoms with E-state index in [2.05, 4.69) is 10.6 Å². The van der Waals surface area contributed by atoms with Crippen LogP contribution in [-0.2, 0) is 23.7 Å². The van der Waals surface area contributed by atoms with Crippen molar-refractivity contribution in [3.8, 4) is 0 Å². The highest BCUT2D eigenvalue weighted by molar-refractivity contribution is 5.67. The number of nitrogens with two attached hydrogens (primary N) is 1. The Balaban J connectivity index is 1.76. The van der Waals surface area contributed by atoms with Crippen LogP contribution < -0.4 is 16.4 Å². The molecule has 1 aliphatic carbocycles. The highest BCUT2D eigenvalue weighted by Crippen LogP contribution is 2.36. The number of rotatable bonds is 11. The maximum Gasteiger partial charge on any atom is 0.407 e. The summed E-state index contributed by atoms with van der Waals surface area (Å²) in [4.78, 5) is 12.0. The van der Waals surface area contributed by atoms with Gasteiger partial charge in [-0.25, -0.2) is 4.79 Å². The van der Waals surface area contributed by atoms with Crippen molar-refractivity contribution in [1.29, 1.82) is 0 Å². The molecular weight excluding hydrogens is 598 g/mol. The molecule has 2 heterocycles. The lowest BCUT2D eigenvalue weighted by molar-refractivity contribution is -0.329. The van der Waals surface area contributed by atoms with Crippen LogP contribution in [0.2, 0.25) is 0 Å². The van der Waals surface area contributed by atoms with Crippen molar-refractivity contribution in [2.45, 2.75) is 146 Å². The predicted octanol–water partition coefficient (Wildman–Crippen LogP) is -2.74. The van der Waals surface area contributed by atoms with Gasteiger partial charge in [-0.3, -0.25) is 0 Å². The summed E-state index contributed by atoms with van der Waals surface area (Å²) in [6, 6.07) is -1.85. The summed E-state index contributed by atoms with van der Waals surface area (Å²) in [6.45, 7) is 9.73. The van der Waals surface area contributed by atoms with Crippen LogP contribution in [0.15, 0.2) is 0 Å². The van der Waals surface area contributed by atoms with Gasteiger partial charge in [0.25, 0.3) is 0 Å². The van der Waals surface area contributed by atoms with Crippen molar-refractivity contribution in [2.75, 3.05) is 19.7 Å². The Hall–Kier alpha value is -1.25. The number of hydrogen-bond donors (Lipinski definition) is 10. The molecule has 0 bridgehead atoms. The van der Waals surface area contributed by atoms with Gasteiger partial charge >= 0.3 is 6.09 Å². The third-order valence-corrected chi connectivity index (χ3v) is 8.68. The lowest BCUT2D eigenvalue weighted by atomic mass is 9.79. The Bertz CT molecular complexity index is 924. The summed E-state index contributed by atoms with van der Waals surface area (Å²) in [5.41, 5.74) is 5.26. The molecule has 3 aliphatic rings. The average molecular weight is 654 g/mol. The fourth-order valence-electron chi connectivity index (χ4n) is 5.99. The average Bonchev–Trinajstić information content (AvgIpc) is 2.97. The minimum atomic E-state index is -1.51. The molecule has 16 atom stereocenters. The summed E-state index contributed by atoms with van der Waals surface area (Å²) in [5.74, 6) is -0.945. The molecule has 0 radical (unpaired) electrons. The lowest BCUT2D eigenvalue weighted by Crippen LogP contribution is -2.67. The number of alkyl carbamates (subject to hydrolysis) is 1. The first-order valence-corrected chi connectivity index (χ1v) is 15.8. The maximum atomic E-state index is 12.0. The Labute approximate surface area is 264 Å². The van der Waals surface area contributed by atoms with Gasteiger partial charge < -0.3 is 75.8 Å². The van der Waals surface area contributed by atoms with Gasteiger partial charge in [0, 0.05) is 25.0 Å². The topological polar surface area (TPSA) is 255 Å². The van der Waals surface area contributed by atoms with Gasteiger partial charge in [-0.15, -0.1) is 0 Å². The Morgan fingerprint density at radius 1 is 0.911 bits per heavy atom. The first-order valence-electron chi connectivity index (χ1n) is 15.8. The monoisotopic (exact) mass is 653 g/mol. The molecular formula is C29H55N3O13. The van der Waals surface area contributed by atoms with E-state index in [-0.39, 0.29) is 19.0 Å². The van der Waals surface area contributed by atoms with Crippen LogP contribution >= 0.6 is 0 Å². The second-order valence-corrected chi connectivity index (χ2v) is 13.5. The normalized spacial score (nSPS) is 43.5. The van der Waals surface area contributed by atoms with Gasteiger partial charge in [0.05, 0.1) is 37.1 Å². The highest BCUT2D eigenvalue weighted by Gasteiger charge is 2.51. The number of hydrogen-bond acceptors (Lipinski definition) is 15. The van der Waals surface area contributed by atoms with E-state index >= 15 is 0 Å². The van der Waals surface area contributed by atoms with E-state index in [9.17, 15) is 40.5 Å². The maximum absolute atomic E-state index is 12.0. The molecule has 0 aromatic carbocycles. The van der Waals surface area contributed by atoms with E-state index < -0.39 is 110 Å². The van der Waals surface area contributed by atoms with E-state index in [0.29, 0.717) is 12.8 Å². The Kier molecular flexibility index (Phi) is 13.8. The van der Waals surface area contributed by atoms with Gasteiger partial charge in [-0.05, 0) is 39.5 Å². The second-order valence-electron chi connectivity index (χ2n) is 13.5. The third kappa shape index (κ3) is 9.65. The SMILES string of the molecule is CC[C@H]1O[C@H](OC2[C@@H](C)C[C@@H](NCC(O)CNC(=O)OC(C)(C)C)[C@H](O[C@H]3O[C@H](CO)[C@@H](O)[C@H](N)[C@H]3O)[C@H]2O)[C@H](C)[C@@H](O)[C@@H]1O. The largest absolute Gasteiger partial charge is 0.444 e. The van der Waals surface area contributed by atoms with E-state index in [1.165, 1.54) is 0 Å². The first-order chi connectivity index (χ1) is 21.0. The van der Waals surface area contributed by atoms with Gasteiger partial charge in [0.1, 0.15) is 42.2 Å². The molecule has 3 rings (SSSR count). The van der Waals surface area contributed by atoms with E-state index in [4.69, 9.17) is 29.4 Å². The first kappa shape index (κ1) is 38.2. The minimum absolute atomic E-state index is 0.0259. The molecule has 0 spiro atoms. The van der Waals surface area contributed by atoms with Gasteiger partial charge in [0.15, 0.2) is 12.6 Å². The van der Waals surface area contributed by atoms with E-state index in [1.54, 1.807) is 34.6 Å². The highest BCUT2D eigenvalue weighted by atomic mass is 16.7. The van der Waals surface area contributed by atoms with Crippen LogP contribution in [0.25, 0.3) is 0 Å². The molecule has 264 valence electrons. The zero-order valence-corrected chi connectivity index (χ0v) is 26.9. The van der Waals surface area contributed by atoms with E-state index in [0.717, 1.165) is 0 Å². The number of carbonyl (C=O) groups excluding carboxylic acids is 1. The van der Waals surface area contributed by atoms with Crippen LogP contribution in [0.3, 0.4) is 0 Å². The molecule has 1 saturated carbocycles. The summed E-state index contributed by atoms with van der Waals surface area (Å²) in [6.07, 6.45) is -13.7. The van der Waals surface area contributed by atoms with Crippen molar-refractivity contribution in [3.05, 3.63) is 0 Å². The van der Waals surface area contributed by atoms with Gasteiger partial charge in [-0.2, -0.15) is 0 Å². The molecule has 3 fully saturated rings. The van der Waals surface area contributed by atoms with Crippen LogP contribution in [0, 0.1) is 11.8 Å². The van der Waals surface area contributed by atoms with Gasteiger partial charge in [0.2, 0.25) is 0 Å². The lowest BCUT2D eigenvalue weighted by Gasteiger charge is -2.49. The van der Waals surface area contributed by atoms with Crippen LogP contribution in [-0.4, -0.2) is 153 Å². The Morgan fingerprint density at radius 3 is 2.13 bits per heavy atom. The molecule has 0 aromatic rings. The van der Waals surface area contributed by atoms with Crippen molar-refractivity contribution in [2.24, 2.45) is 17.6 Å². The number of aliphatic hydroxyl groups excluding tert-OH is 7. The van der Waals surface area contributed by atoms with Gasteiger partial charge in [-0.1, -0.05) is 20.8 Å². The molecule has 2 aliphatic heterocycles. The van der Waals surface area contributed by atoms with Crippen molar-refractivity contribution in [3.63, 3.8) is 0 Å². The van der Waals surface area contributed by atoms with Crippen molar-refractivity contribution >= 4 is 6.09 Å². The van der Waals surface area contributed by atoms with Crippen molar-refractivity contribution in [1.82, 2.24) is 10.6 Å². The number of aliphatic hydroxyl groups is 7. The second kappa shape index (κ2) is 16.2.